The average molecular weight is 620 g/mol. The van der Waals surface area contributed by atoms with Crippen LogP contribution in [0.2, 0.25) is 0 Å². The van der Waals surface area contributed by atoms with Crippen LogP contribution in [0.5, 0.6) is 5.75 Å². The maximum Gasteiger partial charge on any atom is 0.341 e. The quantitative estimate of drug-likeness (QED) is 0.0879. The van der Waals surface area contributed by atoms with Crippen molar-refractivity contribution in [2.24, 2.45) is 0 Å². The first-order chi connectivity index (χ1) is 20.3. The molecule has 42 heavy (non-hydrogen) atoms. The summed E-state index contributed by atoms with van der Waals surface area (Å²) in [5, 5.41) is 11.8. The summed E-state index contributed by atoms with van der Waals surface area (Å²) in [5.41, 5.74) is 4.67. The Hall–Kier alpha value is -3.86. The molecule has 4 rings (SSSR count). The first kappa shape index (κ1) is 31.1. The molecule has 4 aromatic rings. The number of thiophene rings is 1. The second kappa shape index (κ2) is 14.9. The summed E-state index contributed by atoms with van der Waals surface area (Å²) in [7, 11) is 1.61. The fourth-order valence-corrected chi connectivity index (χ4v) is 6.36. The molecule has 7 nitrogen and oxygen atoms in total. The van der Waals surface area contributed by atoms with Gasteiger partial charge in [-0.3, -0.25) is 4.79 Å². The molecule has 0 aliphatic heterocycles. The fourth-order valence-electron chi connectivity index (χ4n) is 4.16. The fraction of sp³-hybridized carbons (Fsp3) is 0.219. The van der Waals surface area contributed by atoms with Gasteiger partial charge in [0.25, 0.3) is 0 Å². The number of benzene rings is 3. The van der Waals surface area contributed by atoms with Gasteiger partial charge in [-0.15, -0.1) is 23.1 Å². The van der Waals surface area contributed by atoms with E-state index < -0.39 is 5.97 Å². The van der Waals surface area contributed by atoms with Crippen molar-refractivity contribution in [3.63, 3.8) is 0 Å². The van der Waals surface area contributed by atoms with Gasteiger partial charge in [-0.2, -0.15) is 0 Å². The largest absolute Gasteiger partial charge is 0.495 e. The van der Waals surface area contributed by atoms with Crippen molar-refractivity contribution in [3.8, 4) is 16.9 Å². The van der Waals surface area contributed by atoms with Crippen molar-refractivity contribution in [2.75, 3.05) is 29.7 Å². The zero-order valence-corrected chi connectivity index (χ0v) is 26.3. The molecule has 1 heterocycles. The Balaban J connectivity index is 1.47. The van der Waals surface area contributed by atoms with Crippen LogP contribution in [0.3, 0.4) is 0 Å². The topological polar surface area (TPSA) is 88.7 Å². The molecule has 0 radical (unpaired) electrons. The summed E-state index contributed by atoms with van der Waals surface area (Å²) in [6, 6.07) is 23.2. The van der Waals surface area contributed by atoms with Gasteiger partial charge < -0.3 is 25.4 Å². The third-order valence-electron chi connectivity index (χ3n) is 6.26. The van der Waals surface area contributed by atoms with Crippen molar-refractivity contribution in [1.82, 2.24) is 0 Å². The minimum absolute atomic E-state index is 0.183. The summed E-state index contributed by atoms with van der Waals surface area (Å²) < 4.78 is 10.7. The lowest BCUT2D eigenvalue weighted by atomic mass is 10.0. The van der Waals surface area contributed by atoms with E-state index in [1.807, 2.05) is 92.0 Å². The SMILES string of the molecule is CCOC(=O)c1c(-c2ccc(C)cc2)csc1NC(=O)C(CC)Sc1cccc(NC(=S)Nc2ccccc2OC)c1. The van der Waals surface area contributed by atoms with E-state index in [0.29, 0.717) is 27.8 Å². The number of anilines is 3. The molecular formula is C32H33N3O4S3. The summed E-state index contributed by atoms with van der Waals surface area (Å²) in [5.74, 6) is 0.0458. The van der Waals surface area contributed by atoms with Gasteiger partial charge in [0.05, 0.1) is 24.7 Å². The number of esters is 1. The smallest absolute Gasteiger partial charge is 0.341 e. The molecule has 1 amide bonds. The van der Waals surface area contributed by atoms with Crippen molar-refractivity contribution >= 4 is 68.7 Å². The molecule has 1 aromatic heterocycles. The lowest BCUT2D eigenvalue weighted by Crippen LogP contribution is -2.25. The van der Waals surface area contributed by atoms with E-state index >= 15 is 0 Å². The van der Waals surface area contributed by atoms with Crippen LogP contribution in [0.25, 0.3) is 11.1 Å². The molecule has 1 atom stereocenters. The maximum atomic E-state index is 13.5. The van der Waals surface area contributed by atoms with E-state index in [2.05, 4.69) is 16.0 Å². The third kappa shape index (κ3) is 7.90. The standard InChI is InChI=1S/C32H33N3O4S3/c1-5-27(42-23-11-9-10-22(18-23)33-32(40)34-25-12-7-8-13-26(25)38-4)29(36)35-30-28(31(37)39-6-2)24(19-41-30)21-16-14-20(3)15-17-21/h7-19,27H,5-6H2,1-4H3,(H,35,36)(H2,33,34,40). The first-order valence-corrected chi connectivity index (χ1v) is 15.6. The van der Waals surface area contributed by atoms with E-state index in [1.54, 1.807) is 14.0 Å². The number of para-hydroxylation sites is 2. The number of methoxy groups -OCH3 is 1. The zero-order valence-electron chi connectivity index (χ0n) is 23.9. The number of thioether (sulfide) groups is 1. The predicted molar refractivity (Wildman–Crippen MR) is 178 cm³/mol. The van der Waals surface area contributed by atoms with Crippen LogP contribution in [0.1, 0.15) is 36.2 Å². The van der Waals surface area contributed by atoms with E-state index in [-0.39, 0.29) is 17.8 Å². The number of hydrogen-bond acceptors (Lipinski definition) is 7. The number of rotatable bonds is 11. The van der Waals surface area contributed by atoms with Crippen molar-refractivity contribution < 1.29 is 19.1 Å². The Morgan fingerprint density at radius 3 is 2.45 bits per heavy atom. The molecule has 3 aromatic carbocycles. The van der Waals surface area contributed by atoms with Crippen LogP contribution in [0.15, 0.2) is 83.1 Å². The van der Waals surface area contributed by atoms with Crippen LogP contribution in [0, 0.1) is 6.92 Å². The molecule has 0 spiro atoms. The Morgan fingerprint density at radius 2 is 1.74 bits per heavy atom. The zero-order chi connectivity index (χ0) is 30.1. The number of aryl methyl sites for hydroxylation is 1. The summed E-state index contributed by atoms with van der Waals surface area (Å²) >= 11 is 8.28. The Kier molecular flexibility index (Phi) is 11.0. The Morgan fingerprint density at radius 1 is 0.976 bits per heavy atom. The lowest BCUT2D eigenvalue weighted by Gasteiger charge is -2.16. The molecule has 10 heteroatoms. The van der Waals surface area contributed by atoms with Crippen molar-refractivity contribution in [1.29, 1.82) is 0 Å². The molecule has 3 N–H and O–H groups in total. The minimum atomic E-state index is -0.457. The molecule has 0 aliphatic carbocycles. The molecular weight excluding hydrogens is 587 g/mol. The van der Waals surface area contributed by atoms with Crippen molar-refractivity contribution in [3.05, 3.63) is 89.3 Å². The second-order valence-corrected chi connectivity index (χ2v) is 11.8. The van der Waals surface area contributed by atoms with E-state index in [9.17, 15) is 9.59 Å². The molecule has 218 valence electrons. The van der Waals surface area contributed by atoms with Gasteiger partial charge in [0, 0.05) is 21.5 Å². The summed E-state index contributed by atoms with van der Waals surface area (Å²) in [4.78, 5) is 27.3. The number of ether oxygens (including phenoxy) is 2. The summed E-state index contributed by atoms with van der Waals surface area (Å²) in [6.07, 6.45) is 0.590. The van der Waals surface area contributed by atoms with Crippen LogP contribution < -0.4 is 20.7 Å². The molecule has 0 aliphatic rings. The number of amides is 1. The van der Waals surface area contributed by atoms with Gasteiger partial charge in [-0.25, -0.2) is 4.79 Å². The highest BCUT2D eigenvalue weighted by molar-refractivity contribution is 8.00. The number of thiocarbonyl (C=S) groups is 1. The van der Waals surface area contributed by atoms with Gasteiger partial charge >= 0.3 is 5.97 Å². The van der Waals surface area contributed by atoms with Gasteiger partial charge in [0.15, 0.2) is 5.11 Å². The number of carbonyl (C=O) groups is 2. The van der Waals surface area contributed by atoms with Gasteiger partial charge in [0.2, 0.25) is 5.91 Å². The predicted octanol–water partition coefficient (Wildman–Crippen LogP) is 8.23. The van der Waals surface area contributed by atoms with Crippen LogP contribution >= 0.6 is 35.3 Å². The Labute approximate surface area is 260 Å². The average Bonchev–Trinajstić information content (AvgIpc) is 3.40. The number of hydrogen-bond donors (Lipinski definition) is 3. The van der Waals surface area contributed by atoms with Gasteiger partial charge in [0.1, 0.15) is 16.3 Å². The molecule has 0 bridgehead atoms. The van der Waals surface area contributed by atoms with E-state index in [0.717, 1.165) is 33.0 Å². The monoisotopic (exact) mass is 619 g/mol. The number of carbonyl (C=O) groups excluding carboxylic acids is 2. The molecule has 0 saturated carbocycles. The minimum Gasteiger partial charge on any atom is -0.495 e. The molecule has 0 fully saturated rings. The highest BCUT2D eigenvalue weighted by Crippen LogP contribution is 2.37. The van der Waals surface area contributed by atoms with Crippen LogP contribution in [0.4, 0.5) is 16.4 Å². The molecule has 0 saturated heterocycles. The number of nitrogens with one attached hydrogen (secondary N) is 3. The normalized spacial score (nSPS) is 11.3. The first-order valence-electron chi connectivity index (χ1n) is 13.5. The second-order valence-electron chi connectivity index (χ2n) is 9.25. The van der Waals surface area contributed by atoms with Crippen LogP contribution in [-0.4, -0.2) is 36.0 Å². The third-order valence-corrected chi connectivity index (χ3v) is 8.72. The van der Waals surface area contributed by atoms with E-state index in [4.69, 9.17) is 21.7 Å². The lowest BCUT2D eigenvalue weighted by molar-refractivity contribution is -0.115. The van der Waals surface area contributed by atoms with Crippen LogP contribution in [-0.2, 0) is 9.53 Å². The van der Waals surface area contributed by atoms with E-state index in [1.165, 1.54) is 23.1 Å². The summed E-state index contributed by atoms with van der Waals surface area (Å²) in [6.45, 7) is 5.98. The highest BCUT2D eigenvalue weighted by atomic mass is 32.2. The van der Waals surface area contributed by atoms with Gasteiger partial charge in [-0.1, -0.05) is 55.0 Å². The Bertz CT molecular complexity index is 1550. The molecule has 1 unspecified atom stereocenters. The van der Waals surface area contributed by atoms with Crippen molar-refractivity contribution in [2.45, 2.75) is 37.3 Å². The maximum absolute atomic E-state index is 13.5. The van der Waals surface area contributed by atoms with Gasteiger partial charge in [-0.05, 0) is 68.4 Å². The highest BCUT2D eigenvalue weighted by Gasteiger charge is 2.25.